The average molecular weight is 338 g/mol. The van der Waals surface area contributed by atoms with Gasteiger partial charge in [0.15, 0.2) is 5.69 Å². The third-order valence-corrected chi connectivity index (χ3v) is 4.24. The maximum atomic E-state index is 12.4. The second-order valence-corrected chi connectivity index (χ2v) is 5.85. The molecule has 0 spiro atoms. The van der Waals surface area contributed by atoms with Gasteiger partial charge in [-0.15, -0.1) is 0 Å². The molecule has 0 fully saturated rings. The van der Waals surface area contributed by atoms with Gasteiger partial charge in [0.25, 0.3) is 5.91 Å². The zero-order valence-electron chi connectivity index (χ0n) is 14.7. The molecule has 0 bridgehead atoms. The molecule has 1 amide bonds. The van der Waals surface area contributed by atoms with Crippen molar-refractivity contribution in [2.45, 2.75) is 39.7 Å². The Balaban J connectivity index is 1.70. The fourth-order valence-electron chi connectivity index (χ4n) is 2.74. The molecule has 3 aromatic heterocycles. The van der Waals surface area contributed by atoms with Gasteiger partial charge in [-0.05, 0) is 38.0 Å². The summed E-state index contributed by atoms with van der Waals surface area (Å²) < 4.78 is 3.74. The van der Waals surface area contributed by atoms with Gasteiger partial charge in [0, 0.05) is 18.6 Å². The first-order valence-electron chi connectivity index (χ1n) is 8.45. The van der Waals surface area contributed by atoms with E-state index in [1.807, 2.05) is 40.7 Å². The summed E-state index contributed by atoms with van der Waals surface area (Å²) in [6.45, 7) is 6.14. The van der Waals surface area contributed by atoms with E-state index in [2.05, 4.69) is 34.2 Å². The van der Waals surface area contributed by atoms with Crippen molar-refractivity contribution in [3.05, 3.63) is 54.5 Å². The van der Waals surface area contributed by atoms with Crippen molar-refractivity contribution in [3.63, 3.8) is 0 Å². The minimum atomic E-state index is -0.238. The van der Waals surface area contributed by atoms with Crippen molar-refractivity contribution in [1.29, 1.82) is 0 Å². The van der Waals surface area contributed by atoms with Crippen molar-refractivity contribution in [2.24, 2.45) is 0 Å². The first-order valence-corrected chi connectivity index (χ1v) is 8.45. The van der Waals surface area contributed by atoms with Crippen molar-refractivity contribution in [3.8, 4) is 5.82 Å². The van der Waals surface area contributed by atoms with Crippen LogP contribution in [0.1, 0.15) is 49.0 Å². The molecule has 130 valence electrons. The van der Waals surface area contributed by atoms with E-state index >= 15 is 0 Å². The van der Waals surface area contributed by atoms with Gasteiger partial charge in [0.05, 0.1) is 17.9 Å². The topological polar surface area (TPSA) is 77.6 Å². The molecular weight excluding hydrogens is 316 g/mol. The Hall–Kier alpha value is -2.96. The second-order valence-electron chi connectivity index (χ2n) is 5.85. The lowest BCUT2D eigenvalue weighted by atomic mass is 10.2. The Morgan fingerprint density at radius 1 is 1.16 bits per heavy atom. The van der Waals surface area contributed by atoms with E-state index in [-0.39, 0.29) is 5.91 Å². The van der Waals surface area contributed by atoms with Crippen LogP contribution in [0.15, 0.2) is 43.0 Å². The number of pyridine rings is 1. The van der Waals surface area contributed by atoms with Crippen molar-refractivity contribution >= 4 is 11.6 Å². The van der Waals surface area contributed by atoms with Gasteiger partial charge in [-0.25, -0.2) is 9.97 Å². The number of imidazole rings is 1. The summed E-state index contributed by atoms with van der Waals surface area (Å²) in [5.74, 6) is 1.38. The quantitative estimate of drug-likeness (QED) is 0.747. The van der Waals surface area contributed by atoms with Crippen LogP contribution in [0.25, 0.3) is 5.82 Å². The summed E-state index contributed by atoms with van der Waals surface area (Å²) in [6, 6.07) is 5.72. The number of nitrogens with one attached hydrogen (secondary N) is 1. The van der Waals surface area contributed by atoms with E-state index in [1.165, 1.54) is 0 Å². The summed E-state index contributed by atoms with van der Waals surface area (Å²) >= 11 is 0. The molecule has 7 heteroatoms. The van der Waals surface area contributed by atoms with Crippen molar-refractivity contribution in [1.82, 2.24) is 24.3 Å². The lowest BCUT2D eigenvalue weighted by Gasteiger charge is -2.12. The third kappa shape index (κ3) is 3.60. The molecule has 0 aliphatic carbocycles. The Morgan fingerprint density at radius 2 is 1.96 bits per heavy atom. The van der Waals surface area contributed by atoms with Gasteiger partial charge >= 0.3 is 0 Å². The van der Waals surface area contributed by atoms with Crippen LogP contribution in [-0.2, 0) is 0 Å². The number of aromatic nitrogens is 5. The predicted molar refractivity (Wildman–Crippen MR) is 95.9 cm³/mol. The van der Waals surface area contributed by atoms with Crippen LogP contribution in [0.4, 0.5) is 5.69 Å². The highest BCUT2D eigenvalue weighted by Gasteiger charge is 2.13. The molecule has 3 aromatic rings. The molecule has 25 heavy (non-hydrogen) atoms. The van der Waals surface area contributed by atoms with Gasteiger partial charge in [-0.2, -0.15) is 5.10 Å². The predicted octanol–water partition coefficient (Wildman–Crippen LogP) is 3.39. The standard InChI is InChI=1S/C18H22N6O/c1-4-15(5-2)24-10-8-16(22-24)18(25)21-14-6-7-17(20-12-14)23-11-9-19-13(23)3/h6-12,15H,4-5H2,1-3H3,(H,21,25). The van der Waals surface area contributed by atoms with Crippen LogP contribution in [0.2, 0.25) is 0 Å². The number of aryl methyl sites for hydroxylation is 1. The number of anilines is 1. The first kappa shape index (κ1) is 16.9. The Kier molecular flexibility index (Phi) is 4.92. The van der Waals surface area contributed by atoms with Crippen molar-refractivity contribution in [2.75, 3.05) is 5.32 Å². The second kappa shape index (κ2) is 7.29. The van der Waals surface area contributed by atoms with E-state index in [9.17, 15) is 4.79 Å². The molecule has 0 saturated carbocycles. The minimum absolute atomic E-state index is 0.238. The van der Waals surface area contributed by atoms with Crippen LogP contribution < -0.4 is 5.32 Å². The number of rotatable bonds is 6. The maximum Gasteiger partial charge on any atom is 0.276 e. The van der Waals surface area contributed by atoms with Crippen LogP contribution >= 0.6 is 0 Å². The number of amides is 1. The molecule has 0 atom stereocenters. The van der Waals surface area contributed by atoms with E-state index in [4.69, 9.17) is 0 Å². The van der Waals surface area contributed by atoms with Crippen LogP contribution in [0, 0.1) is 6.92 Å². The zero-order valence-corrected chi connectivity index (χ0v) is 14.7. The number of hydrogen-bond donors (Lipinski definition) is 1. The normalized spacial score (nSPS) is 11.0. The molecule has 0 unspecified atom stereocenters. The Labute approximate surface area is 146 Å². The fraction of sp³-hybridized carbons (Fsp3) is 0.333. The fourth-order valence-corrected chi connectivity index (χ4v) is 2.74. The molecule has 0 radical (unpaired) electrons. The number of nitrogens with zero attached hydrogens (tertiary/aromatic N) is 5. The maximum absolute atomic E-state index is 12.4. The van der Waals surface area contributed by atoms with Crippen LogP contribution in [0.5, 0.6) is 0 Å². The molecular formula is C18H22N6O. The van der Waals surface area contributed by atoms with Gasteiger partial charge in [0.1, 0.15) is 11.6 Å². The highest BCUT2D eigenvalue weighted by Crippen LogP contribution is 2.16. The SMILES string of the molecule is CCC(CC)n1ccc(C(=O)Nc2ccc(-n3ccnc3C)nc2)n1. The Bertz CT molecular complexity index is 845. The smallest absolute Gasteiger partial charge is 0.276 e. The van der Waals surface area contributed by atoms with Crippen LogP contribution in [0.3, 0.4) is 0 Å². The van der Waals surface area contributed by atoms with Gasteiger partial charge in [0.2, 0.25) is 0 Å². The highest BCUT2D eigenvalue weighted by molar-refractivity contribution is 6.02. The number of carbonyl (C=O) groups is 1. The number of carbonyl (C=O) groups excluding carboxylic acids is 1. The molecule has 7 nitrogen and oxygen atoms in total. The van der Waals surface area contributed by atoms with E-state index in [0.29, 0.717) is 17.4 Å². The van der Waals surface area contributed by atoms with Gasteiger partial charge < -0.3 is 5.32 Å². The molecule has 0 aliphatic rings. The average Bonchev–Trinajstić information content (AvgIpc) is 3.26. The molecule has 1 N–H and O–H groups in total. The molecule has 0 aliphatic heterocycles. The summed E-state index contributed by atoms with van der Waals surface area (Å²) in [6.07, 6.45) is 9.03. The van der Waals surface area contributed by atoms with Gasteiger partial charge in [-0.3, -0.25) is 14.0 Å². The molecule has 3 rings (SSSR count). The lowest BCUT2D eigenvalue weighted by molar-refractivity contribution is 0.102. The summed E-state index contributed by atoms with van der Waals surface area (Å²) in [4.78, 5) is 20.9. The third-order valence-electron chi connectivity index (χ3n) is 4.24. The van der Waals surface area contributed by atoms with E-state index < -0.39 is 0 Å². The largest absolute Gasteiger partial charge is 0.319 e. The minimum Gasteiger partial charge on any atom is -0.319 e. The lowest BCUT2D eigenvalue weighted by Crippen LogP contribution is -2.15. The molecule has 0 saturated heterocycles. The summed E-state index contributed by atoms with van der Waals surface area (Å²) in [5, 5.41) is 7.22. The Morgan fingerprint density at radius 3 is 2.56 bits per heavy atom. The number of hydrogen-bond acceptors (Lipinski definition) is 4. The first-order chi connectivity index (χ1) is 12.1. The summed E-state index contributed by atoms with van der Waals surface area (Å²) in [5.41, 5.74) is 1.03. The van der Waals surface area contributed by atoms with E-state index in [0.717, 1.165) is 24.5 Å². The highest BCUT2D eigenvalue weighted by atomic mass is 16.1. The van der Waals surface area contributed by atoms with Crippen LogP contribution in [-0.4, -0.2) is 30.2 Å². The van der Waals surface area contributed by atoms with Crippen molar-refractivity contribution < 1.29 is 4.79 Å². The molecule has 0 aromatic carbocycles. The van der Waals surface area contributed by atoms with E-state index in [1.54, 1.807) is 18.5 Å². The van der Waals surface area contributed by atoms with Gasteiger partial charge in [-0.1, -0.05) is 13.8 Å². The zero-order chi connectivity index (χ0) is 17.8. The molecule has 3 heterocycles. The summed E-state index contributed by atoms with van der Waals surface area (Å²) in [7, 11) is 0. The monoisotopic (exact) mass is 338 g/mol.